The summed E-state index contributed by atoms with van der Waals surface area (Å²) >= 11 is 5.96. The highest BCUT2D eigenvalue weighted by Gasteiger charge is 2.15. The summed E-state index contributed by atoms with van der Waals surface area (Å²) in [5, 5.41) is 0.506. The number of hydrogen-bond donors (Lipinski definition) is 0. The maximum absolute atomic E-state index is 12.0. The van der Waals surface area contributed by atoms with Crippen LogP contribution in [-0.4, -0.2) is 5.78 Å². The summed E-state index contributed by atoms with van der Waals surface area (Å²) in [5.74, 6) is -0.00931. The van der Waals surface area contributed by atoms with Crippen LogP contribution in [0.4, 0.5) is 0 Å². The van der Waals surface area contributed by atoms with Crippen molar-refractivity contribution in [1.82, 2.24) is 0 Å². The van der Waals surface area contributed by atoms with Crippen molar-refractivity contribution in [3.8, 4) is 0 Å². The SMILES string of the molecule is O=C(C1=CC=CC[CH]1)c1ccccc1Cl. The van der Waals surface area contributed by atoms with Crippen LogP contribution >= 0.6 is 11.6 Å². The number of Topliss-reactive ketones (excluding diaryl/α,β-unsaturated/α-hetero) is 1. The van der Waals surface area contributed by atoms with Crippen LogP contribution in [0.2, 0.25) is 5.02 Å². The van der Waals surface area contributed by atoms with Gasteiger partial charge in [-0.25, -0.2) is 0 Å². The highest BCUT2D eigenvalue weighted by Crippen LogP contribution is 2.22. The summed E-state index contributed by atoms with van der Waals surface area (Å²) in [7, 11) is 0. The summed E-state index contributed by atoms with van der Waals surface area (Å²) in [4.78, 5) is 12.0. The van der Waals surface area contributed by atoms with Gasteiger partial charge in [-0.2, -0.15) is 0 Å². The fourth-order valence-corrected chi connectivity index (χ4v) is 1.70. The Kier molecular flexibility index (Phi) is 3.02. The molecule has 2 heteroatoms. The van der Waals surface area contributed by atoms with E-state index >= 15 is 0 Å². The molecule has 1 aromatic carbocycles. The molecule has 0 N–H and O–H groups in total. The van der Waals surface area contributed by atoms with Crippen molar-refractivity contribution < 1.29 is 4.79 Å². The molecule has 1 aliphatic rings. The van der Waals surface area contributed by atoms with E-state index in [9.17, 15) is 4.79 Å². The first-order chi connectivity index (χ1) is 7.29. The zero-order chi connectivity index (χ0) is 10.7. The lowest BCUT2D eigenvalue weighted by atomic mass is 9.96. The van der Waals surface area contributed by atoms with Crippen molar-refractivity contribution in [2.45, 2.75) is 6.42 Å². The van der Waals surface area contributed by atoms with Crippen molar-refractivity contribution in [1.29, 1.82) is 0 Å². The van der Waals surface area contributed by atoms with Gasteiger partial charge in [-0.15, -0.1) is 0 Å². The molecule has 0 fully saturated rings. The molecule has 15 heavy (non-hydrogen) atoms. The minimum atomic E-state index is -0.00931. The average molecular weight is 218 g/mol. The normalized spacial score (nSPS) is 14.9. The number of carbonyl (C=O) groups is 1. The molecule has 0 aliphatic heterocycles. The van der Waals surface area contributed by atoms with E-state index in [0.717, 1.165) is 6.42 Å². The lowest BCUT2D eigenvalue weighted by Gasteiger charge is -2.08. The third-order valence-electron chi connectivity index (χ3n) is 2.27. The van der Waals surface area contributed by atoms with Gasteiger partial charge in [0.25, 0.3) is 0 Å². The van der Waals surface area contributed by atoms with Gasteiger partial charge in [0.05, 0.1) is 5.02 Å². The molecule has 0 amide bonds. The molecule has 1 aromatic rings. The van der Waals surface area contributed by atoms with Gasteiger partial charge in [0.2, 0.25) is 0 Å². The Morgan fingerprint density at radius 1 is 1.27 bits per heavy atom. The van der Waals surface area contributed by atoms with Crippen LogP contribution in [-0.2, 0) is 0 Å². The summed E-state index contributed by atoms with van der Waals surface area (Å²) < 4.78 is 0. The van der Waals surface area contributed by atoms with Gasteiger partial charge in [-0.1, -0.05) is 42.0 Å². The highest BCUT2D eigenvalue weighted by atomic mass is 35.5. The smallest absolute Gasteiger partial charge is 0.190 e. The van der Waals surface area contributed by atoms with E-state index < -0.39 is 0 Å². The molecule has 0 saturated carbocycles. The van der Waals surface area contributed by atoms with Gasteiger partial charge in [-0.05, 0) is 25.0 Å². The summed E-state index contributed by atoms with van der Waals surface area (Å²) in [6.07, 6.45) is 8.43. The molecule has 0 heterocycles. The predicted octanol–water partition coefficient (Wildman–Crippen LogP) is 3.61. The molecule has 75 valence electrons. The van der Waals surface area contributed by atoms with Crippen molar-refractivity contribution in [2.75, 3.05) is 0 Å². The lowest BCUT2D eigenvalue weighted by Crippen LogP contribution is -2.05. The van der Waals surface area contributed by atoms with E-state index in [1.165, 1.54) is 0 Å². The second-order valence-electron chi connectivity index (χ2n) is 3.30. The monoisotopic (exact) mass is 217 g/mol. The van der Waals surface area contributed by atoms with Crippen LogP contribution in [0.5, 0.6) is 0 Å². The van der Waals surface area contributed by atoms with Crippen LogP contribution in [0.3, 0.4) is 0 Å². The molecule has 0 aromatic heterocycles. The van der Waals surface area contributed by atoms with Crippen molar-refractivity contribution in [3.63, 3.8) is 0 Å². The third-order valence-corrected chi connectivity index (χ3v) is 2.60. The van der Waals surface area contributed by atoms with E-state index in [1.807, 2.05) is 36.8 Å². The van der Waals surface area contributed by atoms with Crippen molar-refractivity contribution in [2.24, 2.45) is 0 Å². The Hall–Kier alpha value is -1.34. The van der Waals surface area contributed by atoms with Gasteiger partial charge >= 0.3 is 0 Å². The second kappa shape index (κ2) is 4.45. The molecule has 0 bridgehead atoms. The quantitative estimate of drug-likeness (QED) is 0.692. The summed E-state index contributed by atoms with van der Waals surface area (Å²) in [5.41, 5.74) is 1.28. The largest absolute Gasteiger partial charge is 0.289 e. The number of ketones is 1. The third kappa shape index (κ3) is 2.18. The van der Waals surface area contributed by atoms with E-state index in [4.69, 9.17) is 11.6 Å². The molecule has 0 saturated heterocycles. The minimum absolute atomic E-state index is 0.00931. The molecule has 0 atom stereocenters. The molecular weight excluding hydrogens is 208 g/mol. The van der Waals surface area contributed by atoms with Gasteiger partial charge in [0.1, 0.15) is 0 Å². The van der Waals surface area contributed by atoms with Crippen LogP contribution in [0.1, 0.15) is 16.8 Å². The maximum Gasteiger partial charge on any atom is 0.190 e. The topological polar surface area (TPSA) is 17.1 Å². The van der Waals surface area contributed by atoms with Gasteiger partial charge in [-0.3, -0.25) is 4.79 Å². The Bertz CT molecular complexity index is 444. The van der Waals surface area contributed by atoms with Gasteiger partial charge in [0, 0.05) is 11.1 Å². The first-order valence-corrected chi connectivity index (χ1v) is 5.16. The van der Waals surface area contributed by atoms with Crippen LogP contribution in [0.15, 0.2) is 48.1 Å². The standard InChI is InChI=1S/C13H10ClO/c14-12-9-5-4-8-11(12)13(15)10-6-2-1-3-7-10/h1-2,4-9H,3H2. The number of allylic oxidation sites excluding steroid dienone is 4. The van der Waals surface area contributed by atoms with E-state index in [0.29, 0.717) is 16.2 Å². The first-order valence-electron chi connectivity index (χ1n) is 4.78. The Labute approximate surface area is 94.1 Å². The van der Waals surface area contributed by atoms with E-state index in [2.05, 4.69) is 0 Å². The van der Waals surface area contributed by atoms with E-state index in [-0.39, 0.29) is 5.78 Å². The average Bonchev–Trinajstić information content (AvgIpc) is 2.30. The molecular formula is C13H10ClO. The van der Waals surface area contributed by atoms with E-state index in [1.54, 1.807) is 12.1 Å². The molecule has 1 aliphatic carbocycles. The fraction of sp³-hybridized carbons (Fsp3) is 0.0769. The Morgan fingerprint density at radius 3 is 2.73 bits per heavy atom. The number of benzene rings is 1. The van der Waals surface area contributed by atoms with Gasteiger partial charge < -0.3 is 0 Å². The number of rotatable bonds is 2. The molecule has 1 nitrogen and oxygen atoms in total. The van der Waals surface area contributed by atoms with Gasteiger partial charge in [0.15, 0.2) is 5.78 Å². The zero-order valence-electron chi connectivity index (χ0n) is 8.11. The van der Waals surface area contributed by atoms with Crippen molar-refractivity contribution in [3.05, 3.63) is 65.1 Å². The zero-order valence-corrected chi connectivity index (χ0v) is 8.87. The molecule has 1 radical (unpaired) electrons. The van der Waals surface area contributed by atoms with Crippen LogP contribution in [0, 0.1) is 6.42 Å². The minimum Gasteiger partial charge on any atom is -0.289 e. The second-order valence-corrected chi connectivity index (χ2v) is 3.71. The summed E-state index contributed by atoms with van der Waals surface area (Å²) in [6, 6.07) is 7.11. The number of halogens is 1. The molecule has 0 spiro atoms. The highest BCUT2D eigenvalue weighted by molar-refractivity contribution is 6.35. The van der Waals surface area contributed by atoms with Crippen LogP contribution < -0.4 is 0 Å². The fourth-order valence-electron chi connectivity index (χ4n) is 1.48. The molecule has 0 unspecified atom stereocenters. The molecule has 2 rings (SSSR count). The first kappa shape index (κ1) is 10.2. The maximum atomic E-state index is 12.0. The lowest BCUT2D eigenvalue weighted by molar-refractivity contribution is 0.103. The number of hydrogen-bond acceptors (Lipinski definition) is 1. The van der Waals surface area contributed by atoms with Crippen molar-refractivity contribution >= 4 is 17.4 Å². The van der Waals surface area contributed by atoms with Crippen LogP contribution in [0.25, 0.3) is 0 Å². The number of carbonyl (C=O) groups excluding carboxylic acids is 1. The predicted molar refractivity (Wildman–Crippen MR) is 61.9 cm³/mol. The Morgan fingerprint density at radius 2 is 2.07 bits per heavy atom. The summed E-state index contributed by atoms with van der Waals surface area (Å²) in [6.45, 7) is 0. The Balaban J connectivity index is 2.32.